The van der Waals surface area contributed by atoms with Crippen LogP contribution in [-0.2, 0) is 0 Å². The molecule has 0 aliphatic heterocycles. The van der Waals surface area contributed by atoms with E-state index in [1.165, 1.54) is 12.1 Å². The average Bonchev–Trinajstić information content (AvgIpc) is 2.46. The van der Waals surface area contributed by atoms with Crippen LogP contribution in [0.5, 0.6) is 0 Å². The minimum Gasteiger partial charge on any atom is -0.386 e. The fourth-order valence-electron chi connectivity index (χ4n) is 3.31. The molecule has 0 radical (unpaired) electrons. The third-order valence-corrected chi connectivity index (χ3v) is 4.66. The number of hydrogen-bond acceptors (Lipinski definition) is 2. The van der Waals surface area contributed by atoms with Crippen molar-refractivity contribution in [1.29, 1.82) is 0 Å². The Labute approximate surface area is 122 Å². The molecule has 0 heterocycles. The molecule has 0 saturated heterocycles. The van der Waals surface area contributed by atoms with Crippen LogP contribution >= 0.6 is 0 Å². The van der Waals surface area contributed by atoms with E-state index >= 15 is 0 Å². The van der Waals surface area contributed by atoms with Crippen molar-refractivity contribution in [2.24, 2.45) is 0 Å². The van der Waals surface area contributed by atoms with E-state index < -0.39 is 6.10 Å². The van der Waals surface area contributed by atoms with Gasteiger partial charge in [0.25, 0.3) is 0 Å². The topological polar surface area (TPSA) is 23.5 Å². The van der Waals surface area contributed by atoms with E-state index in [0.717, 1.165) is 31.5 Å². The lowest BCUT2D eigenvalue weighted by molar-refractivity contribution is -0.0370. The van der Waals surface area contributed by atoms with Gasteiger partial charge in [-0.05, 0) is 56.1 Å². The zero-order chi connectivity index (χ0) is 15.3. The summed E-state index contributed by atoms with van der Waals surface area (Å²) in [5.74, 6) is -0.287. The number of rotatable bonds is 7. The first kappa shape index (κ1) is 17.1. The summed E-state index contributed by atoms with van der Waals surface area (Å²) in [5.41, 5.74) is 1.32. The Hall–Kier alpha value is -0.930. The summed E-state index contributed by atoms with van der Waals surface area (Å²) in [4.78, 5) is 2.29. The molecule has 0 aromatic heterocycles. The summed E-state index contributed by atoms with van der Waals surface area (Å²) in [7, 11) is 0. The van der Waals surface area contributed by atoms with Crippen molar-refractivity contribution in [2.75, 3.05) is 13.1 Å². The number of benzene rings is 1. The first-order chi connectivity index (χ1) is 9.46. The van der Waals surface area contributed by atoms with Gasteiger partial charge in [0.15, 0.2) is 0 Å². The number of aliphatic hydroxyl groups excluding tert-OH is 1. The summed E-state index contributed by atoms with van der Waals surface area (Å²) >= 11 is 0. The fourth-order valence-corrected chi connectivity index (χ4v) is 3.31. The minimum absolute atomic E-state index is 0.287. The Balaban J connectivity index is 3.29. The van der Waals surface area contributed by atoms with Gasteiger partial charge in [0, 0.05) is 0 Å². The summed E-state index contributed by atoms with van der Waals surface area (Å²) < 4.78 is 13.5. The van der Waals surface area contributed by atoms with Crippen molar-refractivity contribution in [3.8, 4) is 0 Å². The molecule has 1 aromatic rings. The molecule has 0 bridgehead atoms. The number of hydrogen-bond donors (Lipinski definition) is 1. The Morgan fingerprint density at radius 3 is 2.15 bits per heavy atom. The number of halogens is 1. The molecular formula is C17H28FNO. The van der Waals surface area contributed by atoms with Gasteiger partial charge < -0.3 is 5.11 Å². The predicted octanol–water partition coefficient (Wildman–Crippen LogP) is 4.07. The van der Waals surface area contributed by atoms with Gasteiger partial charge >= 0.3 is 0 Å². The molecular weight excluding hydrogens is 253 g/mol. The van der Waals surface area contributed by atoms with Crippen LogP contribution in [0.3, 0.4) is 0 Å². The maximum atomic E-state index is 13.5. The molecule has 0 saturated carbocycles. The predicted molar refractivity (Wildman–Crippen MR) is 82.3 cm³/mol. The van der Waals surface area contributed by atoms with Gasteiger partial charge in [-0.1, -0.05) is 33.8 Å². The second kappa shape index (κ2) is 7.19. The molecule has 114 valence electrons. The molecule has 0 fully saturated rings. The van der Waals surface area contributed by atoms with E-state index in [2.05, 4.69) is 32.6 Å². The quantitative estimate of drug-likeness (QED) is 0.814. The normalized spacial score (nSPS) is 13.8. The molecule has 0 aliphatic carbocycles. The fraction of sp³-hybridized carbons (Fsp3) is 0.647. The molecule has 3 heteroatoms. The van der Waals surface area contributed by atoms with Crippen molar-refractivity contribution < 1.29 is 9.50 Å². The van der Waals surface area contributed by atoms with E-state index in [4.69, 9.17) is 0 Å². The highest BCUT2D eigenvalue weighted by Gasteiger charge is 2.40. The molecule has 1 aromatic carbocycles. The monoisotopic (exact) mass is 281 g/mol. The van der Waals surface area contributed by atoms with Gasteiger partial charge in [-0.15, -0.1) is 0 Å². The van der Waals surface area contributed by atoms with Gasteiger partial charge in [-0.2, -0.15) is 0 Å². The van der Waals surface area contributed by atoms with E-state index in [-0.39, 0.29) is 11.4 Å². The Bertz CT molecular complexity index is 425. The highest BCUT2D eigenvalue weighted by molar-refractivity contribution is 5.31. The molecule has 1 unspecified atom stereocenters. The second-order valence-corrected chi connectivity index (χ2v) is 5.39. The van der Waals surface area contributed by atoms with Crippen molar-refractivity contribution in [1.82, 2.24) is 4.90 Å². The van der Waals surface area contributed by atoms with Crippen molar-refractivity contribution in [3.05, 3.63) is 35.1 Å². The molecule has 2 nitrogen and oxygen atoms in total. The minimum atomic E-state index is -0.673. The third-order valence-electron chi connectivity index (χ3n) is 4.66. The van der Waals surface area contributed by atoms with E-state index in [1.54, 1.807) is 6.07 Å². The van der Waals surface area contributed by atoms with Crippen molar-refractivity contribution in [2.45, 2.75) is 59.1 Å². The summed E-state index contributed by atoms with van der Waals surface area (Å²) in [6, 6.07) is 4.66. The smallest absolute Gasteiger partial charge is 0.123 e. The van der Waals surface area contributed by atoms with E-state index in [0.29, 0.717) is 5.56 Å². The van der Waals surface area contributed by atoms with Gasteiger partial charge in [0.05, 0.1) is 11.6 Å². The first-order valence-electron chi connectivity index (χ1n) is 7.65. The van der Waals surface area contributed by atoms with Gasteiger partial charge in [0.1, 0.15) is 5.82 Å². The number of likely N-dealkylation sites (N-methyl/N-ethyl adjacent to an activating group) is 1. The molecule has 0 amide bonds. The maximum absolute atomic E-state index is 13.5. The van der Waals surface area contributed by atoms with Crippen LogP contribution in [0.4, 0.5) is 4.39 Å². The average molecular weight is 281 g/mol. The number of aliphatic hydroxyl groups is 1. The molecule has 1 N–H and O–H groups in total. The Morgan fingerprint density at radius 1 is 1.15 bits per heavy atom. The van der Waals surface area contributed by atoms with Crippen LogP contribution in [0.15, 0.2) is 18.2 Å². The standard InChI is InChI=1S/C17H28FNO/c1-6-17(7-2,19(8-3)9-4)16(20)15-12-14(18)11-10-13(15)5/h10-12,16,20H,6-9H2,1-5H3. The zero-order valence-electron chi connectivity index (χ0n) is 13.4. The summed E-state index contributed by atoms with van der Waals surface area (Å²) in [6.45, 7) is 12.1. The molecule has 20 heavy (non-hydrogen) atoms. The lowest BCUT2D eigenvalue weighted by atomic mass is 9.80. The lowest BCUT2D eigenvalue weighted by Crippen LogP contribution is -2.52. The van der Waals surface area contributed by atoms with Gasteiger partial charge in [0.2, 0.25) is 0 Å². The highest BCUT2D eigenvalue weighted by Crippen LogP contribution is 2.38. The Kier molecular flexibility index (Phi) is 6.15. The molecule has 1 atom stereocenters. The van der Waals surface area contributed by atoms with Crippen molar-refractivity contribution >= 4 is 0 Å². The molecule has 0 spiro atoms. The third kappa shape index (κ3) is 3.04. The summed E-state index contributed by atoms with van der Waals surface area (Å²) in [5, 5.41) is 11.0. The Morgan fingerprint density at radius 2 is 1.70 bits per heavy atom. The van der Waals surface area contributed by atoms with E-state index in [1.807, 2.05) is 6.92 Å². The van der Waals surface area contributed by atoms with Crippen LogP contribution in [0.25, 0.3) is 0 Å². The van der Waals surface area contributed by atoms with Crippen LogP contribution < -0.4 is 0 Å². The first-order valence-corrected chi connectivity index (χ1v) is 7.65. The van der Waals surface area contributed by atoms with Crippen LogP contribution in [0.2, 0.25) is 0 Å². The van der Waals surface area contributed by atoms with E-state index in [9.17, 15) is 9.50 Å². The molecule has 1 rings (SSSR count). The van der Waals surface area contributed by atoms with Crippen LogP contribution in [0.1, 0.15) is 57.8 Å². The van der Waals surface area contributed by atoms with Crippen LogP contribution in [0, 0.1) is 12.7 Å². The highest BCUT2D eigenvalue weighted by atomic mass is 19.1. The van der Waals surface area contributed by atoms with Gasteiger partial charge in [-0.25, -0.2) is 4.39 Å². The second-order valence-electron chi connectivity index (χ2n) is 5.39. The molecule has 0 aliphatic rings. The number of nitrogens with zero attached hydrogens (tertiary/aromatic N) is 1. The summed E-state index contributed by atoms with van der Waals surface area (Å²) in [6.07, 6.45) is 0.998. The maximum Gasteiger partial charge on any atom is 0.123 e. The van der Waals surface area contributed by atoms with Gasteiger partial charge in [-0.3, -0.25) is 4.90 Å². The lowest BCUT2D eigenvalue weighted by Gasteiger charge is -2.46. The SMILES string of the molecule is CCN(CC)C(CC)(CC)C(O)c1cc(F)ccc1C. The van der Waals surface area contributed by atoms with Crippen molar-refractivity contribution in [3.63, 3.8) is 0 Å². The largest absolute Gasteiger partial charge is 0.386 e. The zero-order valence-corrected chi connectivity index (χ0v) is 13.4. The van der Waals surface area contributed by atoms with Crippen LogP contribution in [-0.4, -0.2) is 28.6 Å². The number of aryl methyl sites for hydroxylation is 1.